The lowest BCUT2D eigenvalue weighted by Crippen LogP contribution is -2.45. The van der Waals surface area contributed by atoms with E-state index in [-0.39, 0.29) is 21.5 Å². The van der Waals surface area contributed by atoms with E-state index in [4.69, 9.17) is 28.9 Å². The standard InChI is InChI=1S/C13H16Cl2F2N2O2/c1-13(2,3)10(18)11(20)19-6-4-7(14)9(8(15)5-6)21-12(16)17/h4-5,10,12H,18H2,1-3H3,(H,19,20)/t10-/m0/s1. The van der Waals surface area contributed by atoms with Crippen LogP contribution in [0.25, 0.3) is 0 Å². The van der Waals surface area contributed by atoms with E-state index in [9.17, 15) is 13.6 Å². The molecule has 0 aliphatic heterocycles. The minimum Gasteiger partial charge on any atom is -0.432 e. The van der Waals surface area contributed by atoms with Crippen molar-refractivity contribution in [1.29, 1.82) is 0 Å². The maximum atomic E-state index is 12.2. The van der Waals surface area contributed by atoms with Crippen LogP contribution in [0.1, 0.15) is 20.8 Å². The number of amides is 1. The number of ether oxygens (including phenoxy) is 1. The van der Waals surface area contributed by atoms with Crippen LogP contribution in [0.3, 0.4) is 0 Å². The lowest BCUT2D eigenvalue weighted by Gasteiger charge is -2.26. The second-order valence-corrected chi connectivity index (χ2v) is 6.29. The Bertz CT molecular complexity index is 510. The lowest BCUT2D eigenvalue weighted by atomic mass is 9.87. The molecule has 0 radical (unpaired) electrons. The SMILES string of the molecule is CC(C)(C)[C@@H](N)C(=O)Nc1cc(Cl)c(OC(F)F)c(Cl)c1. The third-order valence-electron chi connectivity index (χ3n) is 2.69. The molecule has 0 saturated carbocycles. The van der Waals surface area contributed by atoms with Crippen molar-refractivity contribution in [2.24, 2.45) is 11.1 Å². The van der Waals surface area contributed by atoms with Crippen LogP contribution >= 0.6 is 23.2 Å². The summed E-state index contributed by atoms with van der Waals surface area (Å²) in [6.45, 7) is 2.40. The van der Waals surface area contributed by atoms with Crippen LogP contribution in [0.2, 0.25) is 10.0 Å². The summed E-state index contributed by atoms with van der Waals surface area (Å²) in [5.74, 6) is -0.774. The zero-order valence-corrected chi connectivity index (χ0v) is 13.2. The van der Waals surface area contributed by atoms with E-state index < -0.39 is 24.0 Å². The molecule has 0 aliphatic rings. The van der Waals surface area contributed by atoms with Gasteiger partial charge in [-0.05, 0) is 17.5 Å². The minimum atomic E-state index is -3.05. The number of nitrogens with two attached hydrogens (primary N) is 1. The summed E-state index contributed by atoms with van der Waals surface area (Å²) >= 11 is 11.6. The maximum absolute atomic E-state index is 12.2. The predicted octanol–water partition coefficient (Wildman–Crippen LogP) is 3.91. The number of hydrogen-bond acceptors (Lipinski definition) is 3. The molecule has 0 saturated heterocycles. The molecule has 3 N–H and O–H groups in total. The molecular formula is C13H16Cl2F2N2O2. The van der Waals surface area contributed by atoms with Gasteiger partial charge in [0.15, 0.2) is 5.75 Å². The average Bonchev–Trinajstić information content (AvgIpc) is 2.31. The van der Waals surface area contributed by atoms with Gasteiger partial charge in [-0.3, -0.25) is 4.79 Å². The zero-order valence-electron chi connectivity index (χ0n) is 11.7. The Morgan fingerprint density at radius 2 is 1.76 bits per heavy atom. The first-order valence-corrected chi connectivity index (χ1v) is 6.78. The quantitative estimate of drug-likeness (QED) is 0.873. The molecule has 4 nitrogen and oxygen atoms in total. The topological polar surface area (TPSA) is 64.4 Å². The molecule has 0 aliphatic carbocycles. The Morgan fingerprint density at radius 1 is 1.29 bits per heavy atom. The fraction of sp³-hybridized carbons (Fsp3) is 0.462. The van der Waals surface area contributed by atoms with Crippen molar-refractivity contribution < 1.29 is 18.3 Å². The number of alkyl halides is 2. The van der Waals surface area contributed by atoms with Crippen molar-refractivity contribution in [3.8, 4) is 5.75 Å². The first-order chi connectivity index (χ1) is 9.52. The van der Waals surface area contributed by atoms with Gasteiger partial charge < -0.3 is 15.8 Å². The van der Waals surface area contributed by atoms with Crippen LogP contribution < -0.4 is 15.8 Å². The van der Waals surface area contributed by atoms with Crippen LogP contribution in [-0.4, -0.2) is 18.6 Å². The summed E-state index contributed by atoms with van der Waals surface area (Å²) in [5, 5.41) is 2.26. The summed E-state index contributed by atoms with van der Waals surface area (Å²) in [7, 11) is 0. The van der Waals surface area contributed by atoms with E-state index >= 15 is 0 Å². The predicted molar refractivity (Wildman–Crippen MR) is 79.2 cm³/mol. The summed E-state index contributed by atoms with van der Waals surface area (Å²) in [6.07, 6.45) is 0. The normalized spacial score (nSPS) is 13.2. The molecule has 0 spiro atoms. The Balaban J connectivity index is 2.94. The number of nitrogens with one attached hydrogen (secondary N) is 1. The summed E-state index contributed by atoms with van der Waals surface area (Å²) in [4.78, 5) is 12.0. The van der Waals surface area contributed by atoms with Crippen molar-refractivity contribution >= 4 is 34.8 Å². The van der Waals surface area contributed by atoms with Crippen LogP contribution in [0.4, 0.5) is 14.5 Å². The maximum Gasteiger partial charge on any atom is 0.387 e. The smallest absolute Gasteiger partial charge is 0.387 e. The molecule has 0 heterocycles. The van der Waals surface area contributed by atoms with E-state index in [2.05, 4.69) is 10.1 Å². The van der Waals surface area contributed by atoms with Crippen molar-refractivity contribution in [2.45, 2.75) is 33.4 Å². The number of anilines is 1. The van der Waals surface area contributed by atoms with Crippen LogP contribution in [0, 0.1) is 5.41 Å². The molecule has 1 aromatic carbocycles. The van der Waals surface area contributed by atoms with Gasteiger partial charge in [-0.25, -0.2) is 0 Å². The Kier molecular flexibility index (Phi) is 5.78. The molecule has 8 heteroatoms. The summed E-state index contributed by atoms with van der Waals surface area (Å²) < 4.78 is 28.6. The molecule has 0 fully saturated rings. The van der Waals surface area contributed by atoms with Gasteiger partial charge in [0.1, 0.15) is 0 Å². The Labute approximate surface area is 131 Å². The molecule has 21 heavy (non-hydrogen) atoms. The molecule has 1 amide bonds. The average molecular weight is 341 g/mol. The van der Waals surface area contributed by atoms with Gasteiger partial charge in [-0.15, -0.1) is 0 Å². The second-order valence-electron chi connectivity index (χ2n) is 5.48. The number of carbonyl (C=O) groups is 1. The van der Waals surface area contributed by atoms with Gasteiger partial charge in [0.2, 0.25) is 5.91 Å². The number of rotatable bonds is 4. The fourth-order valence-electron chi connectivity index (χ4n) is 1.45. The van der Waals surface area contributed by atoms with Crippen molar-refractivity contribution in [1.82, 2.24) is 0 Å². The highest BCUT2D eigenvalue weighted by Gasteiger charge is 2.27. The van der Waals surface area contributed by atoms with Gasteiger partial charge in [0.05, 0.1) is 16.1 Å². The molecule has 1 rings (SSSR count). The van der Waals surface area contributed by atoms with Crippen LogP contribution in [-0.2, 0) is 4.79 Å². The number of carbonyl (C=O) groups excluding carboxylic acids is 1. The molecular weight excluding hydrogens is 325 g/mol. The van der Waals surface area contributed by atoms with E-state index in [0.717, 1.165) is 0 Å². The van der Waals surface area contributed by atoms with Gasteiger partial charge in [0, 0.05) is 5.69 Å². The van der Waals surface area contributed by atoms with E-state index in [1.807, 2.05) is 20.8 Å². The van der Waals surface area contributed by atoms with Gasteiger partial charge in [-0.1, -0.05) is 44.0 Å². The van der Waals surface area contributed by atoms with Gasteiger partial charge in [-0.2, -0.15) is 8.78 Å². The number of benzene rings is 1. The molecule has 0 bridgehead atoms. The third-order valence-corrected chi connectivity index (χ3v) is 3.25. The van der Waals surface area contributed by atoms with Crippen LogP contribution in [0.5, 0.6) is 5.75 Å². The van der Waals surface area contributed by atoms with E-state index in [0.29, 0.717) is 0 Å². The van der Waals surface area contributed by atoms with Crippen molar-refractivity contribution in [3.63, 3.8) is 0 Å². The lowest BCUT2D eigenvalue weighted by molar-refractivity contribution is -0.119. The third kappa shape index (κ3) is 4.98. The highest BCUT2D eigenvalue weighted by atomic mass is 35.5. The van der Waals surface area contributed by atoms with E-state index in [1.165, 1.54) is 12.1 Å². The molecule has 1 atom stereocenters. The molecule has 118 valence electrons. The largest absolute Gasteiger partial charge is 0.432 e. The zero-order chi connectivity index (χ0) is 16.4. The number of halogens is 4. The Morgan fingerprint density at radius 3 is 2.14 bits per heavy atom. The van der Waals surface area contributed by atoms with E-state index in [1.54, 1.807) is 0 Å². The molecule has 1 aromatic rings. The monoisotopic (exact) mass is 340 g/mol. The first-order valence-electron chi connectivity index (χ1n) is 6.02. The van der Waals surface area contributed by atoms with Gasteiger partial charge in [0.25, 0.3) is 0 Å². The number of hydrogen-bond donors (Lipinski definition) is 2. The molecule has 0 unspecified atom stereocenters. The summed E-state index contributed by atoms with van der Waals surface area (Å²) in [5.41, 5.74) is 5.62. The highest BCUT2D eigenvalue weighted by molar-refractivity contribution is 6.37. The van der Waals surface area contributed by atoms with Crippen LogP contribution in [0.15, 0.2) is 12.1 Å². The highest BCUT2D eigenvalue weighted by Crippen LogP contribution is 2.37. The molecule has 0 aromatic heterocycles. The second kappa shape index (κ2) is 6.77. The van der Waals surface area contributed by atoms with Gasteiger partial charge >= 0.3 is 6.61 Å². The summed E-state index contributed by atoms with van der Waals surface area (Å²) in [6, 6.07) is 1.77. The first kappa shape index (κ1) is 17.9. The van der Waals surface area contributed by atoms with Crippen molar-refractivity contribution in [3.05, 3.63) is 22.2 Å². The fourth-order valence-corrected chi connectivity index (χ4v) is 2.02. The van der Waals surface area contributed by atoms with Crippen molar-refractivity contribution in [2.75, 3.05) is 5.32 Å². The minimum absolute atomic E-state index is 0.137. The Hall–Kier alpha value is -1.11.